The van der Waals surface area contributed by atoms with Gasteiger partial charge in [-0.1, -0.05) is 24.3 Å². The molecule has 1 aromatic carbocycles. The molecule has 0 aliphatic heterocycles. The van der Waals surface area contributed by atoms with E-state index in [0.717, 1.165) is 12.8 Å². The first kappa shape index (κ1) is 11.1. The first-order chi connectivity index (χ1) is 7.47. The molecule has 2 N–H and O–H groups in total. The maximum Gasteiger partial charge on any atom is 0.325 e. The minimum atomic E-state index is -0.908. The molecule has 0 saturated heterocycles. The number of nitrogens with two attached hydrogens (primary N) is 1. The van der Waals surface area contributed by atoms with E-state index in [-0.39, 0.29) is 12.1 Å². The standard InChI is InChI=1S/C13H17NO2/c1-13(2,14)12(15)16-11-7-9-5-3-4-6-10(9)8-11/h3-6,11H,7-8,14H2,1-2H3. The summed E-state index contributed by atoms with van der Waals surface area (Å²) in [4.78, 5) is 11.6. The number of hydrogen-bond acceptors (Lipinski definition) is 3. The normalized spacial score (nSPS) is 15.9. The van der Waals surface area contributed by atoms with E-state index in [1.165, 1.54) is 11.1 Å². The summed E-state index contributed by atoms with van der Waals surface area (Å²) in [5.41, 5.74) is 7.33. The van der Waals surface area contributed by atoms with E-state index in [1.807, 2.05) is 12.1 Å². The van der Waals surface area contributed by atoms with Crippen LogP contribution in [-0.4, -0.2) is 17.6 Å². The van der Waals surface area contributed by atoms with Gasteiger partial charge in [0.1, 0.15) is 11.6 Å². The van der Waals surface area contributed by atoms with Crippen molar-refractivity contribution in [2.75, 3.05) is 0 Å². The van der Waals surface area contributed by atoms with Crippen LogP contribution in [0.25, 0.3) is 0 Å². The van der Waals surface area contributed by atoms with Gasteiger partial charge in [-0.15, -0.1) is 0 Å². The summed E-state index contributed by atoms with van der Waals surface area (Å²) in [5, 5.41) is 0. The molecule has 0 heterocycles. The minimum absolute atomic E-state index is 0.0484. The van der Waals surface area contributed by atoms with Gasteiger partial charge >= 0.3 is 5.97 Å². The van der Waals surface area contributed by atoms with Gasteiger partial charge in [-0.25, -0.2) is 0 Å². The molecule has 3 heteroatoms. The molecule has 3 nitrogen and oxygen atoms in total. The maximum absolute atomic E-state index is 11.6. The van der Waals surface area contributed by atoms with E-state index in [9.17, 15) is 4.79 Å². The predicted octanol–water partition coefficient (Wildman–Crippen LogP) is 1.43. The van der Waals surface area contributed by atoms with Gasteiger partial charge in [0.15, 0.2) is 0 Å². The van der Waals surface area contributed by atoms with Gasteiger partial charge in [0.25, 0.3) is 0 Å². The Morgan fingerprint density at radius 3 is 2.25 bits per heavy atom. The van der Waals surface area contributed by atoms with Crippen LogP contribution in [0.1, 0.15) is 25.0 Å². The van der Waals surface area contributed by atoms with Gasteiger partial charge in [0, 0.05) is 12.8 Å². The number of benzene rings is 1. The van der Waals surface area contributed by atoms with Crippen molar-refractivity contribution in [3.8, 4) is 0 Å². The summed E-state index contributed by atoms with van der Waals surface area (Å²) >= 11 is 0. The van der Waals surface area contributed by atoms with Crippen LogP contribution in [-0.2, 0) is 22.4 Å². The van der Waals surface area contributed by atoms with Crippen molar-refractivity contribution >= 4 is 5.97 Å². The van der Waals surface area contributed by atoms with E-state index in [0.29, 0.717) is 0 Å². The fourth-order valence-corrected chi connectivity index (χ4v) is 1.91. The van der Waals surface area contributed by atoms with Crippen LogP contribution < -0.4 is 5.73 Å². The molecule has 0 bridgehead atoms. The summed E-state index contributed by atoms with van der Waals surface area (Å²) in [5.74, 6) is -0.328. The first-order valence-corrected chi connectivity index (χ1v) is 5.53. The fourth-order valence-electron chi connectivity index (χ4n) is 1.91. The Balaban J connectivity index is 2.00. The van der Waals surface area contributed by atoms with E-state index >= 15 is 0 Å². The molecule has 0 aromatic heterocycles. The van der Waals surface area contributed by atoms with E-state index < -0.39 is 5.54 Å². The molecule has 0 unspecified atom stereocenters. The molecule has 0 spiro atoms. The Morgan fingerprint density at radius 2 is 1.81 bits per heavy atom. The largest absolute Gasteiger partial charge is 0.460 e. The summed E-state index contributed by atoms with van der Waals surface area (Å²) in [6, 6.07) is 8.18. The number of carbonyl (C=O) groups excluding carboxylic acids is 1. The number of fused-ring (bicyclic) bond motifs is 1. The zero-order valence-electron chi connectivity index (χ0n) is 9.69. The van der Waals surface area contributed by atoms with Gasteiger partial charge in [-0.05, 0) is 25.0 Å². The van der Waals surface area contributed by atoms with Crippen molar-refractivity contribution in [3.63, 3.8) is 0 Å². The Kier molecular flexibility index (Phi) is 2.72. The van der Waals surface area contributed by atoms with Crippen LogP contribution in [0.15, 0.2) is 24.3 Å². The summed E-state index contributed by atoms with van der Waals surface area (Å²) < 4.78 is 5.39. The number of hydrogen-bond donors (Lipinski definition) is 1. The lowest BCUT2D eigenvalue weighted by molar-refractivity contribution is -0.153. The van der Waals surface area contributed by atoms with Crippen LogP contribution in [0.4, 0.5) is 0 Å². The summed E-state index contributed by atoms with van der Waals surface area (Å²) in [7, 11) is 0. The second-order valence-corrected chi connectivity index (χ2v) is 4.93. The zero-order chi connectivity index (χ0) is 11.8. The lowest BCUT2D eigenvalue weighted by Crippen LogP contribution is -2.44. The van der Waals surface area contributed by atoms with E-state index in [4.69, 9.17) is 10.5 Å². The summed E-state index contributed by atoms with van der Waals surface area (Å²) in [6.07, 6.45) is 1.56. The molecule has 0 atom stereocenters. The van der Waals surface area contributed by atoms with Crippen LogP contribution in [0.2, 0.25) is 0 Å². The topological polar surface area (TPSA) is 52.3 Å². The van der Waals surface area contributed by atoms with Gasteiger partial charge in [-0.2, -0.15) is 0 Å². The van der Waals surface area contributed by atoms with Crippen LogP contribution in [0, 0.1) is 0 Å². The first-order valence-electron chi connectivity index (χ1n) is 5.53. The Bertz CT molecular complexity index is 382. The third-order valence-electron chi connectivity index (χ3n) is 2.81. The zero-order valence-corrected chi connectivity index (χ0v) is 9.69. The van der Waals surface area contributed by atoms with Crippen molar-refractivity contribution in [3.05, 3.63) is 35.4 Å². The van der Waals surface area contributed by atoms with Crippen molar-refractivity contribution < 1.29 is 9.53 Å². The predicted molar refractivity (Wildman–Crippen MR) is 62.0 cm³/mol. The molecule has 1 aromatic rings. The van der Waals surface area contributed by atoms with Crippen molar-refractivity contribution in [1.82, 2.24) is 0 Å². The number of esters is 1. The molecular weight excluding hydrogens is 202 g/mol. The van der Waals surface area contributed by atoms with Gasteiger partial charge < -0.3 is 10.5 Å². The van der Waals surface area contributed by atoms with Crippen molar-refractivity contribution in [1.29, 1.82) is 0 Å². The molecule has 2 rings (SSSR count). The second-order valence-electron chi connectivity index (χ2n) is 4.93. The molecule has 0 amide bonds. The summed E-state index contributed by atoms with van der Waals surface area (Å²) in [6.45, 7) is 3.33. The quantitative estimate of drug-likeness (QED) is 0.766. The van der Waals surface area contributed by atoms with Crippen molar-refractivity contribution in [2.45, 2.75) is 38.3 Å². The molecule has 1 aliphatic carbocycles. The van der Waals surface area contributed by atoms with Crippen molar-refractivity contribution in [2.24, 2.45) is 5.73 Å². The molecule has 1 aliphatic rings. The third-order valence-corrected chi connectivity index (χ3v) is 2.81. The third kappa shape index (κ3) is 2.25. The molecule has 0 fully saturated rings. The lowest BCUT2D eigenvalue weighted by Gasteiger charge is -2.20. The number of rotatable bonds is 2. The average Bonchev–Trinajstić information content (AvgIpc) is 2.58. The molecule has 86 valence electrons. The number of carbonyl (C=O) groups is 1. The smallest absolute Gasteiger partial charge is 0.325 e. The van der Waals surface area contributed by atoms with Crippen LogP contribution in [0.3, 0.4) is 0 Å². The molecule has 0 saturated carbocycles. The lowest BCUT2D eigenvalue weighted by atomic mass is 10.1. The Labute approximate surface area is 95.6 Å². The van der Waals surface area contributed by atoms with Gasteiger partial charge in [-0.3, -0.25) is 4.79 Å². The van der Waals surface area contributed by atoms with Crippen LogP contribution >= 0.6 is 0 Å². The monoisotopic (exact) mass is 219 g/mol. The minimum Gasteiger partial charge on any atom is -0.460 e. The number of ether oxygens (including phenoxy) is 1. The van der Waals surface area contributed by atoms with Crippen LogP contribution in [0.5, 0.6) is 0 Å². The Hall–Kier alpha value is -1.35. The molecule has 0 radical (unpaired) electrons. The highest BCUT2D eigenvalue weighted by atomic mass is 16.5. The fraction of sp³-hybridized carbons (Fsp3) is 0.462. The highest BCUT2D eigenvalue weighted by molar-refractivity contribution is 5.79. The SMILES string of the molecule is CC(C)(N)C(=O)OC1Cc2ccccc2C1. The van der Waals surface area contributed by atoms with Gasteiger partial charge in [0.2, 0.25) is 0 Å². The van der Waals surface area contributed by atoms with Gasteiger partial charge in [0.05, 0.1) is 0 Å². The average molecular weight is 219 g/mol. The second kappa shape index (κ2) is 3.91. The highest BCUT2D eigenvalue weighted by Gasteiger charge is 2.30. The Morgan fingerprint density at radius 1 is 1.31 bits per heavy atom. The highest BCUT2D eigenvalue weighted by Crippen LogP contribution is 2.24. The maximum atomic E-state index is 11.6. The molecular formula is C13H17NO2. The van der Waals surface area contributed by atoms with E-state index in [2.05, 4.69) is 12.1 Å². The molecule has 16 heavy (non-hydrogen) atoms. The van der Waals surface area contributed by atoms with E-state index in [1.54, 1.807) is 13.8 Å².